The van der Waals surface area contributed by atoms with Crippen LogP contribution < -0.4 is 15.5 Å². The quantitative estimate of drug-likeness (QED) is 0.352. The van der Waals surface area contributed by atoms with Gasteiger partial charge in [-0.25, -0.2) is 5.43 Å². The first-order chi connectivity index (χ1) is 14.9. The Bertz CT molecular complexity index is 1120. The number of halogens is 3. The molecule has 3 aromatic carbocycles. The second-order valence-electron chi connectivity index (χ2n) is 6.22. The molecule has 0 aliphatic carbocycles. The molecule has 3 rings (SSSR count). The molecule has 2 N–H and O–H groups in total. The van der Waals surface area contributed by atoms with Gasteiger partial charge < -0.3 is 10.1 Å². The Morgan fingerprint density at radius 2 is 1.68 bits per heavy atom. The Kier molecular flexibility index (Phi) is 7.89. The van der Waals surface area contributed by atoms with E-state index in [2.05, 4.69) is 15.8 Å². The molecular formula is C22H16Cl3N3O3. The minimum atomic E-state index is -0.385. The van der Waals surface area contributed by atoms with Gasteiger partial charge in [0.15, 0.2) is 6.61 Å². The number of hydrazone groups is 1. The van der Waals surface area contributed by atoms with Crippen LogP contribution in [0.25, 0.3) is 0 Å². The van der Waals surface area contributed by atoms with E-state index < -0.39 is 0 Å². The van der Waals surface area contributed by atoms with Crippen LogP contribution in [0.4, 0.5) is 5.69 Å². The van der Waals surface area contributed by atoms with Gasteiger partial charge in [-0.3, -0.25) is 9.59 Å². The summed E-state index contributed by atoms with van der Waals surface area (Å²) < 4.78 is 5.46. The number of carbonyl (C=O) groups excluding carboxylic acids is 2. The summed E-state index contributed by atoms with van der Waals surface area (Å²) in [5.74, 6) is -0.379. The van der Waals surface area contributed by atoms with E-state index >= 15 is 0 Å². The third-order valence-electron chi connectivity index (χ3n) is 3.93. The van der Waals surface area contributed by atoms with Crippen LogP contribution in [0.3, 0.4) is 0 Å². The molecule has 0 spiro atoms. The van der Waals surface area contributed by atoms with E-state index in [-0.39, 0.29) is 18.4 Å². The fourth-order valence-electron chi connectivity index (χ4n) is 2.45. The molecule has 0 aromatic heterocycles. The molecule has 0 saturated carbocycles. The van der Waals surface area contributed by atoms with Crippen LogP contribution >= 0.6 is 34.8 Å². The van der Waals surface area contributed by atoms with Crippen molar-refractivity contribution in [3.05, 3.63) is 92.9 Å². The van der Waals surface area contributed by atoms with Crippen LogP contribution in [-0.2, 0) is 4.79 Å². The summed E-state index contributed by atoms with van der Waals surface area (Å²) in [6.07, 6.45) is 1.45. The van der Waals surface area contributed by atoms with Crippen molar-refractivity contribution in [1.29, 1.82) is 0 Å². The highest BCUT2D eigenvalue weighted by atomic mass is 35.5. The molecule has 0 bridgehead atoms. The van der Waals surface area contributed by atoms with Crippen LogP contribution in [0.15, 0.2) is 71.8 Å². The zero-order chi connectivity index (χ0) is 22.2. The average molecular weight is 477 g/mol. The van der Waals surface area contributed by atoms with Crippen LogP contribution in [-0.4, -0.2) is 24.6 Å². The molecule has 0 heterocycles. The fourth-order valence-corrected chi connectivity index (χ4v) is 2.99. The van der Waals surface area contributed by atoms with Crippen molar-refractivity contribution in [3.63, 3.8) is 0 Å². The number of anilines is 1. The molecular weight excluding hydrogens is 461 g/mol. The van der Waals surface area contributed by atoms with Crippen molar-refractivity contribution >= 4 is 58.5 Å². The van der Waals surface area contributed by atoms with Crippen LogP contribution in [0.5, 0.6) is 5.75 Å². The van der Waals surface area contributed by atoms with E-state index in [4.69, 9.17) is 39.5 Å². The molecule has 0 fully saturated rings. The molecule has 3 aromatic rings. The molecule has 0 aliphatic rings. The lowest BCUT2D eigenvalue weighted by Crippen LogP contribution is -2.20. The first-order valence-corrected chi connectivity index (χ1v) is 10.1. The van der Waals surface area contributed by atoms with E-state index in [0.717, 1.165) is 0 Å². The Labute approximate surface area is 193 Å². The number of hydrogen-bond donors (Lipinski definition) is 2. The SMILES string of the molecule is O=C(COc1ccc(/C=N/NC(=O)c2ccccc2)cc1Cl)Nc1ccc(Cl)c(Cl)c1. The first kappa shape index (κ1) is 22.6. The van der Waals surface area contributed by atoms with Gasteiger partial charge in [0.1, 0.15) is 5.75 Å². The van der Waals surface area contributed by atoms with E-state index in [1.165, 1.54) is 6.21 Å². The number of ether oxygens (including phenoxy) is 1. The first-order valence-electron chi connectivity index (χ1n) is 8.98. The van der Waals surface area contributed by atoms with Gasteiger partial charge in [0.2, 0.25) is 0 Å². The maximum absolute atomic E-state index is 12.1. The van der Waals surface area contributed by atoms with Gasteiger partial charge in [0.05, 0.1) is 21.3 Å². The Balaban J connectivity index is 1.52. The average Bonchev–Trinajstić information content (AvgIpc) is 2.76. The summed E-state index contributed by atoms with van der Waals surface area (Å²) >= 11 is 18.0. The second kappa shape index (κ2) is 10.8. The Morgan fingerprint density at radius 1 is 0.903 bits per heavy atom. The second-order valence-corrected chi connectivity index (χ2v) is 7.44. The number of nitrogens with one attached hydrogen (secondary N) is 2. The van der Waals surface area contributed by atoms with Crippen molar-refractivity contribution in [3.8, 4) is 5.75 Å². The molecule has 9 heteroatoms. The number of benzene rings is 3. The predicted octanol–water partition coefficient (Wildman–Crippen LogP) is 5.43. The highest BCUT2D eigenvalue weighted by Gasteiger charge is 2.08. The van der Waals surface area contributed by atoms with Gasteiger partial charge in [-0.2, -0.15) is 5.10 Å². The monoisotopic (exact) mass is 475 g/mol. The van der Waals surface area contributed by atoms with E-state index in [9.17, 15) is 9.59 Å². The molecule has 0 radical (unpaired) electrons. The third-order valence-corrected chi connectivity index (χ3v) is 4.97. The lowest BCUT2D eigenvalue weighted by atomic mass is 10.2. The minimum absolute atomic E-state index is 0.249. The minimum Gasteiger partial charge on any atom is -0.482 e. The van der Waals surface area contributed by atoms with Crippen molar-refractivity contribution < 1.29 is 14.3 Å². The van der Waals surface area contributed by atoms with Crippen LogP contribution in [0, 0.1) is 0 Å². The molecule has 31 heavy (non-hydrogen) atoms. The van der Waals surface area contributed by atoms with Crippen LogP contribution in [0.2, 0.25) is 15.1 Å². The molecule has 2 amide bonds. The number of nitrogens with zero attached hydrogens (tertiary/aromatic N) is 1. The topological polar surface area (TPSA) is 79.8 Å². The van der Waals surface area contributed by atoms with Gasteiger partial charge in [-0.1, -0.05) is 53.0 Å². The predicted molar refractivity (Wildman–Crippen MR) is 124 cm³/mol. The molecule has 158 valence electrons. The molecule has 0 atom stereocenters. The molecule has 0 aliphatic heterocycles. The van der Waals surface area contributed by atoms with Gasteiger partial charge in [-0.05, 0) is 54.1 Å². The third kappa shape index (κ3) is 6.72. The van der Waals surface area contributed by atoms with E-state index in [0.29, 0.717) is 37.6 Å². The normalized spacial score (nSPS) is 10.7. The van der Waals surface area contributed by atoms with Crippen molar-refractivity contribution in [2.75, 3.05) is 11.9 Å². The van der Waals surface area contributed by atoms with Crippen LogP contribution in [0.1, 0.15) is 15.9 Å². The maximum atomic E-state index is 12.1. The fraction of sp³-hybridized carbons (Fsp3) is 0.0455. The zero-order valence-electron chi connectivity index (χ0n) is 15.9. The number of carbonyl (C=O) groups is 2. The van der Waals surface area contributed by atoms with Crippen molar-refractivity contribution in [2.24, 2.45) is 5.10 Å². The van der Waals surface area contributed by atoms with Gasteiger partial charge in [0, 0.05) is 11.3 Å². The summed E-state index contributed by atoms with van der Waals surface area (Å²) in [6.45, 7) is -0.249. The number of rotatable bonds is 7. The van der Waals surface area contributed by atoms with Gasteiger partial charge in [-0.15, -0.1) is 0 Å². The Morgan fingerprint density at radius 3 is 2.39 bits per heavy atom. The molecule has 0 saturated heterocycles. The lowest BCUT2D eigenvalue weighted by molar-refractivity contribution is -0.118. The van der Waals surface area contributed by atoms with Crippen molar-refractivity contribution in [2.45, 2.75) is 0 Å². The largest absolute Gasteiger partial charge is 0.482 e. The number of amides is 2. The maximum Gasteiger partial charge on any atom is 0.271 e. The molecule has 0 unspecified atom stereocenters. The van der Waals surface area contributed by atoms with Gasteiger partial charge >= 0.3 is 0 Å². The highest BCUT2D eigenvalue weighted by molar-refractivity contribution is 6.42. The zero-order valence-corrected chi connectivity index (χ0v) is 18.2. The summed E-state index contributed by atoms with van der Waals surface area (Å²) in [7, 11) is 0. The standard InChI is InChI=1S/C22H16Cl3N3O3/c23-17-8-7-16(11-18(17)24)27-21(29)13-31-20-9-6-14(10-19(20)25)12-26-28-22(30)15-4-2-1-3-5-15/h1-12H,13H2,(H,27,29)(H,28,30)/b26-12+. The van der Waals surface area contributed by atoms with E-state index in [1.807, 2.05) is 6.07 Å². The van der Waals surface area contributed by atoms with Gasteiger partial charge in [0.25, 0.3) is 11.8 Å². The molecule has 6 nitrogen and oxygen atoms in total. The lowest BCUT2D eigenvalue weighted by Gasteiger charge is -2.10. The number of hydrogen-bond acceptors (Lipinski definition) is 4. The highest BCUT2D eigenvalue weighted by Crippen LogP contribution is 2.26. The summed E-state index contributed by atoms with van der Waals surface area (Å²) in [6, 6.07) is 18.4. The smallest absolute Gasteiger partial charge is 0.271 e. The Hall–Kier alpha value is -3.06. The summed E-state index contributed by atoms with van der Waals surface area (Å²) in [5, 5.41) is 7.59. The van der Waals surface area contributed by atoms with Crippen molar-refractivity contribution in [1.82, 2.24) is 5.43 Å². The summed E-state index contributed by atoms with van der Waals surface area (Å²) in [5.41, 5.74) is 4.08. The summed E-state index contributed by atoms with van der Waals surface area (Å²) in [4.78, 5) is 24.0. The van der Waals surface area contributed by atoms with E-state index in [1.54, 1.807) is 60.7 Å².